The summed E-state index contributed by atoms with van der Waals surface area (Å²) in [6.45, 7) is 2.41. The van der Waals surface area contributed by atoms with Crippen molar-refractivity contribution in [1.29, 1.82) is 0 Å². The highest BCUT2D eigenvalue weighted by atomic mass is 19.1. The van der Waals surface area contributed by atoms with Gasteiger partial charge in [0.2, 0.25) is 0 Å². The first kappa shape index (κ1) is 16.9. The molecule has 5 rings (SSSR count). The third-order valence-corrected chi connectivity index (χ3v) is 4.91. The summed E-state index contributed by atoms with van der Waals surface area (Å²) in [6.07, 6.45) is 5.57. The zero-order valence-corrected chi connectivity index (χ0v) is 15.4. The van der Waals surface area contributed by atoms with Crippen molar-refractivity contribution in [2.24, 2.45) is 0 Å². The molecule has 4 aromatic rings. The highest BCUT2D eigenvalue weighted by molar-refractivity contribution is 5.83. The van der Waals surface area contributed by atoms with E-state index in [0.717, 1.165) is 16.6 Å². The Morgan fingerprint density at radius 1 is 1.21 bits per heavy atom. The Bertz CT molecular complexity index is 1150. The fraction of sp³-hybridized carbons (Fsp3) is 0.227. The van der Waals surface area contributed by atoms with Crippen LogP contribution >= 0.6 is 0 Å². The summed E-state index contributed by atoms with van der Waals surface area (Å²) in [5.74, 6) is 1.25. The lowest BCUT2D eigenvalue weighted by atomic mass is 10.1. The van der Waals surface area contributed by atoms with Crippen LogP contribution in [0.15, 0.2) is 48.8 Å². The molecular formula is C22H18FN4O. The molecule has 0 N–H and O–H groups in total. The maximum Gasteiger partial charge on any atom is 0.251 e. The van der Waals surface area contributed by atoms with Crippen molar-refractivity contribution >= 4 is 10.9 Å². The van der Waals surface area contributed by atoms with E-state index in [2.05, 4.69) is 16.0 Å². The molecule has 1 aliphatic rings. The number of rotatable bonds is 5. The second kappa shape index (κ2) is 6.71. The van der Waals surface area contributed by atoms with Crippen molar-refractivity contribution in [3.05, 3.63) is 66.4 Å². The molecule has 6 heteroatoms. The fourth-order valence-corrected chi connectivity index (χ4v) is 3.39. The van der Waals surface area contributed by atoms with E-state index in [4.69, 9.17) is 9.84 Å². The molecule has 2 aromatic carbocycles. The topological polar surface area (TPSA) is 52.8 Å². The van der Waals surface area contributed by atoms with E-state index in [1.165, 1.54) is 18.9 Å². The lowest BCUT2D eigenvalue weighted by molar-refractivity contribution is 0.340. The Morgan fingerprint density at radius 3 is 2.79 bits per heavy atom. The minimum absolute atomic E-state index is 0.338. The number of halogens is 1. The number of fused-ring (bicyclic) bond motifs is 1. The fourth-order valence-electron chi connectivity index (χ4n) is 3.39. The number of ether oxygens (including phenoxy) is 1. The van der Waals surface area contributed by atoms with E-state index in [-0.39, 0.29) is 5.82 Å². The lowest BCUT2D eigenvalue weighted by Gasteiger charge is -2.08. The summed E-state index contributed by atoms with van der Waals surface area (Å²) in [4.78, 5) is 8.91. The molecule has 0 saturated heterocycles. The Hall–Kier alpha value is -3.28. The number of hydrogen-bond acceptors (Lipinski definition) is 4. The summed E-state index contributed by atoms with van der Waals surface area (Å²) in [5, 5.41) is 5.87. The van der Waals surface area contributed by atoms with Crippen LogP contribution in [-0.2, 0) is 0 Å². The van der Waals surface area contributed by atoms with Crippen LogP contribution < -0.4 is 4.74 Å². The van der Waals surface area contributed by atoms with Crippen molar-refractivity contribution in [2.75, 3.05) is 6.61 Å². The minimum Gasteiger partial charge on any atom is -0.494 e. The molecule has 1 fully saturated rings. The zero-order valence-electron chi connectivity index (χ0n) is 15.4. The third kappa shape index (κ3) is 2.91. The Labute approximate surface area is 161 Å². The molecule has 5 nitrogen and oxygen atoms in total. The van der Waals surface area contributed by atoms with Gasteiger partial charge in [0.1, 0.15) is 11.6 Å². The minimum atomic E-state index is -0.338. The molecule has 1 aliphatic carbocycles. The van der Waals surface area contributed by atoms with Crippen molar-refractivity contribution in [1.82, 2.24) is 19.7 Å². The van der Waals surface area contributed by atoms with Crippen molar-refractivity contribution in [3.8, 4) is 22.8 Å². The quantitative estimate of drug-likeness (QED) is 0.509. The first-order valence-corrected chi connectivity index (χ1v) is 9.38. The van der Waals surface area contributed by atoms with Gasteiger partial charge in [0.05, 0.1) is 17.8 Å². The number of hydrogen-bond donors (Lipinski definition) is 0. The van der Waals surface area contributed by atoms with Crippen LogP contribution in [0.2, 0.25) is 0 Å². The van der Waals surface area contributed by atoms with Crippen LogP contribution in [0.1, 0.15) is 31.4 Å². The van der Waals surface area contributed by atoms with Gasteiger partial charge in [0, 0.05) is 34.8 Å². The molecule has 139 valence electrons. The average Bonchev–Trinajstić information content (AvgIpc) is 3.50. The van der Waals surface area contributed by atoms with Gasteiger partial charge in [-0.05, 0) is 50.1 Å². The van der Waals surface area contributed by atoms with Crippen molar-refractivity contribution in [3.63, 3.8) is 0 Å². The van der Waals surface area contributed by atoms with E-state index in [1.807, 2.05) is 25.1 Å². The summed E-state index contributed by atoms with van der Waals surface area (Å²) in [7, 11) is 0. The van der Waals surface area contributed by atoms with Gasteiger partial charge < -0.3 is 4.74 Å². The average molecular weight is 373 g/mol. The van der Waals surface area contributed by atoms with Gasteiger partial charge in [0.25, 0.3) is 5.95 Å². The van der Waals surface area contributed by atoms with Gasteiger partial charge in [-0.25, -0.2) is 14.4 Å². The highest BCUT2D eigenvalue weighted by Crippen LogP contribution is 2.42. The third-order valence-electron chi connectivity index (χ3n) is 4.91. The lowest BCUT2D eigenvalue weighted by Crippen LogP contribution is -2.03. The predicted molar refractivity (Wildman–Crippen MR) is 104 cm³/mol. The van der Waals surface area contributed by atoms with Gasteiger partial charge in [-0.3, -0.25) is 0 Å². The van der Waals surface area contributed by atoms with Crippen LogP contribution in [0.3, 0.4) is 0 Å². The zero-order chi connectivity index (χ0) is 19.1. The molecule has 28 heavy (non-hydrogen) atoms. The maximum atomic E-state index is 14.3. The Kier molecular flexibility index (Phi) is 4.04. The van der Waals surface area contributed by atoms with Gasteiger partial charge >= 0.3 is 0 Å². The van der Waals surface area contributed by atoms with Gasteiger partial charge in [-0.2, -0.15) is 9.78 Å². The van der Waals surface area contributed by atoms with Crippen LogP contribution in [0, 0.1) is 11.9 Å². The van der Waals surface area contributed by atoms with E-state index in [9.17, 15) is 4.39 Å². The number of aromatic nitrogens is 4. The van der Waals surface area contributed by atoms with Crippen LogP contribution in [0.5, 0.6) is 5.75 Å². The van der Waals surface area contributed by atoms with E-state index in [0.29, 0.717) is 35.3 Å². The molecule has 0 spiro atoms. The SMILES string of the molecule is CCOc1ccc(F)c(-c2cnc(-n3nc(C4CC4)c4cc[c]cc43)nc2)c1. The molecule has 0 atom stereocenters. The normalized spacial score (nSPS) is 13.8. The van der Waals surface area contributed by atoms with Crippen LogP contribution in [0.25, 0.3) is 28.0 Å². The monoisotopic (exact) mass is 373 g/mol. The summed E-state index contributed by atoms with van der Waals surface area (Å²) < 4.78 is 21.5. The van der Waals surface area contributed by atoms with E-state index < -0.39 is 0 Å². The van der Waals surface area contributed by atoms with E-state index in [1.54, 1.807) is 29.2 Å². The smallest absolute Gasteiger partial charge is 0.251 e. The molecule has 0 bridgehead atoms. The number of nitrogens with zero attached hydrogens (tertiary/aromatic N) is 4. The number of benzene rings is 2. The molecule has 1 radical (unpaired) electrons. The second-order valence-corrected chi connectivity index (χ2v) is 6.86. The highest BCUT2D eigenvalue weighted by Gasteiger charge is 2.29. The Morgan fingerprint density at radius 2 is 2.04 bits per heavy atom. The van der Waals surface area contributed by atoms with Gasteiger partial charge in [0.15, 0.2) is 0 Å². The van der Waals surface area contributed by atoms with Crippen LogP contribution in [-0.4, -0.2) is 26.4 Å². The maximum absolute atomic E-state index is 14.3. The van der Waals surface area contributed by atoms with E-state index >= 15 is 0 Å². The van der Waals surface area contributed by atoms with Gasteiger partial charge in [-0.15, -0.1) is 0 Å². The molecule has 2 aromatic heterocycles. The first-order chi connectivity index (χ1) is 13.7. The molecule has 1 saturated carbocycles. The first-order valence-electron chi connectivity index (χ1n) is 9.38. The largest absolute Gasteiger partial charge is 0.494 e. The standard InChI is InChI=1S/C22H18FN4O/c1-2-28-16-9-10-19(23)18(11-16)15-12-24-22(25-13-15)27-20-6-4-3-5-17(20)21(26-27)14-7-8-14/h3,5-6,9-14H,2,7-8H2,1H3. The molecule has 0 aliphatic heterocycles. The Balaban J connectivity index is 1.55. The van der Waals surface area contributed by atoms with Crippen molar-refractivity contribution < 1.29 is 9.13 Å². The van der Waals surface area contributed by atoms with Crippen LogP contribution in [0.4, 0.5) is 4.39 Å². The molecule has 0 unspecified atom stereocenters. The van der Waals surface area contributed by atoms with Crippen molar-refractivity contribution in [2.45, 2.75) is 25.7 Å². The predicted octanol–water partition coefficient (Wildman–Crippen LogP) is 4.70. The molecule has 0 amide bonds. The summed E-state index contributed by atoms with van der Waals surface area (Å²) in [6, 6.07) is 13.6. The molecular weight excluding hydrogens is 355 g/mol. The molecule has 2 heterocycles. The second-order valence-electron chi connectivity index (χ2n) is 6.86. The summed E-state index contributed by atoms with van der Waals surface area (Å²) >= 11 is 0. The summed E-state index contributed by atoms with van der Waals surface area (Å²) in [5.41, 5.74) is 3.02. The van der Waals surface area contributed by atoms with Gasteiger partial charge in [-0.1, -0.05) is 12.1 Å².